The molecule has 1 atom stereocenters. The van der Waals surface area contributed by atoms with Gasteiger partial charge in [-0.2, -0.15) is 0 Å². The topological polar surface area (TPSA) is 40.5 Å². The van der Waals surface area contributed by atoms with Gasteiger partial charge in [-0.15, -0.1) is 35.3 Å². The van der Waals surface area contributed by atoms with Crippen molar-refractivity contribution in [2.45, 2.75) is 53.4 Å². The second kappa shape index (κ2) is 11.3. The number of hydrogen-bond acceptors (Lipinski definition) is 3. The van der Waals surface area contributed by atoms with E-state index in [2.05, 4.69) is 42.9 Å². The van der Waals surface area contributed by atoms with Crippen molar-refractivity contribution in [1.29, 1.82) is 0 Å². The van der Waals surface area contributed by atoms with Crippen LogP contribution in [0.2, 0.25) is 0 Å². The Morgan fingerprint density at radius 2 is 2.25 bits per heavy atom. The first kappa shape index (κ1) is 21.7. The number of rotatable bonds is 7. The maximum Gasteiger partial charge on any atom is 0.193 e. The Morgan fingerprint density at radius 3 is 2.88 bits per heavy atom. The predicted molar refractivity (Wildman–Crippen MR) is 116 cm³/mol. The monoisotopic (exact) mass is 464 g/mol. The molecule has 0 spiro atoms. The minimum atomic E-state index is 0. The third-order valence-electron chi connectivity index (χ3n) is 4.26. The zero-order valence-electron chi connectivity index (χ0n) is 15.5. The van der Waals surface area contributed by atoms with E-state index in [0.29, 0.717) is 0 Å². The van der Waals surface area contributed by atoms with Crippen molar-refractivity contribution in [2.24, 2.45) is 16.8 Å². The number of aryl methyl sites for hydroxylation is 1. The fourth-order valence-corrected chi connectivity index (χ4v) is 4.05. The summed E-state index contributed by atoms with van der Waals surface area (Å²) in [4.78, 5) is 13.1. The molecular weight excluding hydrogens is 431 g/mol. The fraction of sp³-hybridized carbons (Fsp3) is 0.778. The normalized spacial score (nSPS) is 18.1. The Balaban J connectivity index is 0.00000288. The van der Waals surface area contributed by atoms with Crippen LogP contribution in [-0.4, -0.2) is 42.0 Å². The molecule has 1 aliphatic rings. The lowest BCUT2D eigenvalue weighted by atomic mass is 9.97. The Labute approximate surface area is 168 Å². The summed E-state index contributed by atoms with van der Waals surface area (Å²) in [5, 5.41) is 4.67. The number of guanidine groups is 1. The molecule has 6 heteroatoms. The molecule has 0 amide bonds. The molecule has 0 aliphatic carbocycles. The Bertz CT molecular complexity index is 501. The molecule has 2 rings (SSSR count). The van der Waals surface area contributed by atoms with Crippen LogP contribution >= 0.6 is 35.3 Å². The van der Waals surface area contributed by atoms with Crippen molar-refractivity contribution in [3.63, 3.8) is 0 Å². The second-order valence-corrected chi connectivity index (χ2v) is 7.99. The van der Waals surface area contributed by atoms with E-state index in [-0.39, 0.29) is 24.0 Å². The Hall–Kier alpha value is -0.370. The van der Waals surface area contributed by atoms with Crippen molar-refractivity contribution in [3.05, 3.63) is 16.1 Å². The first-order valence-electron chi connectivity index (χ1n) is 9.09. The zero-order valence-corrected chi connectivity index (χ0v) is 18.7. The lowest BCUT2D eigenvalue weighted by Crippen LogP contribution is -2.40. The molecule has 4 nitrogen and oxygen atoms in total. The summed E-state index contributed by atoms with van der Waals surface area (Å²) in [5.41, 5.74) is 0. The Morgan fingerprint density at radius 1 is 1.46 bits per heavy atom. The largest absolute Gasteiger partial charge is 0.357 e. The van der Waals surface area contributed by atoms with Crippen LogP contribution in [0.4, 0.5) is 0 Å². The minimum absolute atomic E-state index is 0. The van der Waals surface area contributed by atoms with Gasteiger partial charge in [-0.1, -0.05) is 20.8 Å². The summed E-state index contributed by atoms with van der Waals surface area (Å²) in [5.74, 6) is 2.70. The molecule has 1 N–H and O–H groups in total. The first-order chi connectivity index (χ1) is 11.1. The van der Waals surface area contributed by atoms with Gasteiger partial charge in [0.2, 0.25) is 0 Å². The minimum Gasteiger partial charge on any atom is -0.357 e. The van der Waals surface area contributed by atoms with Crippen LogP contribution in [-0.2, 0) is 12.8 Å². The summed E-state index contributed by atoms with van der Waals surface area (Å²) in [6.45, 7) is 13.0. The average molecular weight is 464 g/mol. The van der Waals surface area contributed by atoms with E-state index in [1.807, 2.05) is 17.5 Å². The highest BCUT2D eigenvalue weighted by Crippen LogP contribution is 2.23. The molecule has 0 saturated carbocycles. The molecule has 1 fully saturated rings. The lowest BCUT2D eigenvalue weighted by molar-refractivity contribution is 0.403. The van der Waals surface area contributed by atoms with Crippen molar-refractivity contribution in [1.82, 2.24) is 15.2 Å². The molecule has 1 saturated heterocycles. The van der Waals surface area contributed by atoms with E-state index in [1.54, 1.807) is 0 Å². The van der Waals surface area contributed by atoms with Crippen LogP contribution in [0.15, 0.2) is 11.2 Å². The van der Waals surface area contributed by atoms with Gasteiger partial charge in [0.05, 0.1) is 5.01 Å². The highest BCUT2D eigenvalue weighted by molar-refractivity contribution is 14.0. The van der Waals surface area contributed by atoms with E-state index < -0.39 is 0 Å². The van der Waals surface area contributed by atoms with Crippen LogP contribution in [0.5, 0.6) is 0 Å². The van der Waals surface area contributed by atoms with Gasteiger partial charge >= 0.3 is 0 Å². The number of nitrogens with zero attached hydrogens (tertiary/aromatic N) is 3. The highest BCUT2D eigenvalue weighted by atomic mass is 127. The van der Waals surface area contributed by atoms with Gasteiger partial charge in [0.15, 0.2) is 5.96 Å². The Kier molecular flexibility index (Phi) is 10.2. The number of halogens is 1. The van der Waals surface area contributed by atoms with Gasteiger partial charge in [0.25, 0.3) is 0 Å². The quantitative estimate of drug-likeness (QED) is 0.374. The van der Waals surface area contributed by atoms with Crippen molar-refractivity contribution in [2.75, 3.05) is 26.2 Å². The summed E-state index contributed by atoms with van der Waals surface area (Å²) in [7, 11) is 0. The number of aliphatic imine (C=N–C) groups is 1. The van der Waals surface area contributed by atoms with Crippen LogP contribution in [0.1, 0.15) is 50.4 Å². The molecule has 2 heterocycles. The van der Waals surface area contributed by atoms with Gasteiger partial charge in [-0.05, 0) is 38.0 Å². The van der Waals surface area contributed by atoms with Crippen molar-refractivity contribution >= 4 is 41.3 Å². The smallest absolute Gasteiger partial charge is 0.193 e. The number of aromatic nitrogens is 1. The van der Waals surface area contributed by atoms with E-state index >= 15 is 0 Å². The third kappa shape index (κ3) is 6.86. The highest BCUT2D eigenvalue weighted by Gasteiger charge is 2.25. The van der Waals surface area contributed by atoms with Gasteiger partial charge in [-0.3, -0.25) is 4.99 Å². The van der Waals surface area contributed by atoms with E-state index in [9.17, 15) is 0 Å². The molecule has 0 bridgehead atoms. The summed E-state index contributed by atoms with van der Waals surface area (Å²) >= 11 is 1.82. The van der Waals surface area contributed by atoms with Gasteiger partial charge in [-0.25, -0.2) is 4.98 Å². The molecular formula is C18H33IN4S. The maximum absolute atomic E-state index is 4.84. The van der Waals surface area contributed by atoms with Crippen molar-refractivity contribution in [3.8, 4) is 0 Å². The molecule has 24 heavy (non-hydrogen) atoms. The molecule has 138 valence electrons. The maximum atomic E-state index is 4.84. The number of nitrogens with one attached hydrogen (secondary N) is 1. The average Bonchev–Trinajstić information content (AvgIpc) is 3.15. The fourth-order valence-electron chi connectivity index (χ4n) is 3.19. The standard InChI is InChI=1S/C18H32N4S.HI/c1-5-16-12-21-17(23-16)7-9-20-18(19-6-2)22-10-8-15(13-22)11-14(3)4;/h12,14-15H,5-11,13H2,1-4H3,(H,19,20);1H. The molecule has 0 radical (unpaired) electrons. The second-order valence-electron chi connectivity index (χ2n) is 6.79. The van der Waals surface area contributed by atoms with Gasteiger partial charge in [0, 0.05) is 43.7 Å². The first-order valence-corrected chi connectivity index (χ1v) is 9.90. The van der Waals surface area contributed by atoms with Crippen LogP contribution in [0.25, 0.3) is 0 Å². The summed E-state index contributed by atoms with van der Waals surface area (Å²) in [6.07, 6.45) is 6.66. The molecule has 0 aromatic carbocycles. The molecule has 1 unspecified atom stereocenters. The van der Waals surface area contributed by atoms with E-state index in [1.165, 1.54) is 22.7 Å². The van der Waals surface area contributed by atoms with E-state index in [0.717, 1.165) is 56.8 Å². The van der Waals surface area contributed by atoms with Crippen LogP contribution in [0, 0.1) is 11.8 Å². The lowest BCUT2D eigenvalue weighted by Gasteiger charge is -2.22. The molecule has 1 aromatic rings. The van der Waals surface area contributed by atoms with Gasteiger partial charge in [0.1, 0.15) is 0 Å². The van der Waals surface area contributed by atoms with E-state index in [4.69, 9.17) is 4.99 Å². The predicted octanol–water partition coefficient (Wildman–Crippen LogP) is 4.20. The number of hydrogen-bond donors (Lipinski definition) is 1. The van der Waals surface area contributed by atoms with Crippen LogP contribution in [0.3, 0.4) is 0 Å². The third-order valence-corrected chi connectivity index (χ3v) is 5.46. The zero-order chi connectivity index (χ0) is 16.7. The van der Waals surface area contributed by atoms with Crippen LogP contribution < -0.4 is 5.32 Å². The van der Waals surface area contributed by atoms with Crippen molar-refractivity contribution < 1.29 is 0 Å². The number of thiazole rings is 1. The summed E-state index contributed by atoms with van der Waals surface area (Å²) < 4.78 is 0. The molecule has 1 aliphatic heterocycles. The van der Waals surface area contributed by atoms with Gasteiger partial charge < -0.3 is 10.2 Å². The molecule has 1 aromatic heterocycles. The number of likely N-dealkylation sites (tertiary alicyclic amines) is 1. The SMILES string of the molecule is CCNC(=NCCc1ncc(CC)s1)N1CCC(CC(C)C)C1.I. The summed E-state index contributed by atoms with van der Waals surface area (Å²) in [6, 6.07) is 0.